The summed E-state index contributed by atoms with van der Waals surface area (Å²) in [6.45, 7) is 1.61. The third kappa shape index (κ3) is 1.89. The van der Waals surface area contributed by atoms with Gasteiger partial charge in [-0.15, -0.1) is 0 Å². The largest absolute Gasteiger partial charge is 0.392 e. The number of aromatic nitrogens is 1. The molecule has 0 atom stereocenters. The van der Waals surface area contributed by atoms with Crippen LogP contribution in [0.2, 0.25) is 0 Å². The second-order valence-corrected chi connectivity index (χ2v) is 2.40. The number of halogens is 1. The standard InChI is InChI=1S/C9H10FNO/c1-7-8(3-2-6-12)4-5-11-9(7)10/h2-5,12H,6H2,1H3. The lowest BCUT2D eigenvalue weighted by Gasteiger charge is -1.98. The third-order valence-electron chi connectivity index (χ3n) is 1.59. The Morgan fingerprint density at radius 2 is 2.42 bits per heavy atom. The predicted octanol–water partition coefficient (Wildman–Crippen LogP) is 1.53. The molecule has 3 heteroatoms. The molecule has 0 aliphatic carbocycles. The Hall–Kier alpha value is -1.22. The third-order valence-corrected chi connectivity index (χ3v) is 1.59. The predicted molar refractivity (Wildman–Crippen MR) is 45.1 cm³/mol. The number of hydrogen-bond acceptors (Lipinski definition) is 2. The van der Waals surface area contributed by atoms with Gasteiger partial charge in [-0.2, -0.15) is 4.39 Å². The van der Waals surface area contributed by atoms with E-state index < -0.39 is 5.95 Å². The molecule has 1 aromatic rings. The molecule has 0 aromatic carbocycles. The van der Waals surface area contributed by atoms with Crippen molar-refractivity contribution >= 4 is 6.08 Å². The zero-order valence-electron chi connectivity index (χ0n) is 6.79. The van der Waals surface area contributed by atoms with Crippen LogP contribution in [-0.2, 0) is 0 Å². The smallest absolute Gasteiger partial charge is 0.216 e. The van der Waals surface area contributed by atoms with Crippen molar-refractivity contribution in [3.8, 4) is 0 Å². The fourth-order valence-electron chi connectivity index (χ4n) is 0.884. The number of pyridine rings is 1. The Labute approximate surface area is 70.4 Å². The topological polar surface area (TPSA) is 33.1 Å². The molecule has 1 N–H and O–H groups in total. The molecule has 2 nitrogen and oxygen atoms in total. The van der Waals surface area contributed by atoms with Gasteiger partial charge in [-0.05, 0) is 18.6 Å². The molecule has 0 fully saturated rings. The van der Waals surface area contributed by atoms with E-state index in [0.717, 1.165) is 5.56 Å². The quantitative estimate of drug-likeness (QED) is 0.677. The second-order valence-electron chi connectivity index (χ2n) is 2.40. The summed E-state index contributed by atoms with van der Waals surface area (Å²) < 4.78 is 12.8. The van der Waals surface area contributed by atoms with Crippen LogP contribution in [0.25, 0.3) is 6.08 Å². The van der Waals surface area contributed by atoms with Gasteiger partial charge in [-0.25, -0.2) is 4.98 Å². The molecule has 0 unspecified atom stereocenters. The summed E-state index contributed by atoms with van der Waals surface area (Å²) in [5.74, 6) is -0.463. The molecule has 0 bridgehead atoms. The molecule has 0 saturated heterocycles. The van der Waals surface area contributed by atoms with E-state index in [-0.39, 0.29) is 6.61 Å². The average molecular weight is 167 g/mol. The van der Waals surface area contributed by atoms with Crippen LogP contribution in [0.3, 0.4) is 0 Å². The first kappa shape index (κ1) is 8.87. The lowest BCUT2D eigenvalue weighted by atomic mass is 10.1. The van der Waals surface area contributed by atoms with Gasteiger partial charge in [-0.3, -0.25) is 0 Å². The lowest BCUT2D eigenvalue weighted by molar-refractivity contribution is 0.343. The minimum Gasteiger partial charge on any atom is -0.392 e. The first-order chi connectivity index (χ1) is 5.75. The van der Waals surface area contributed by atoms with E-state index in [9.17, 15) is 4.39 Å². The summed E-state index contributed by atoms with van der Waals surface area (Å²) in [5.41, 5.74) is 1.25. The summed E-state index contributed by atoms with van der Waals surface area (Å²) in [6, 6.07) is 1.70. The molecule has 1 rings (SSSR count). The van der Waals surface area contributed by atoms with Crippen LogP contribution in [0, 0.1) is 12.9 Å². The fraction of sp³-hybridized carbons (Fsp3) is 0.222. The van der Waals surface area contributed by atoms with Crippen molar-refractivity contribution in [2.75, 3.05) is 6.61 Å². The second kappa shape index (κ2) is 3.97. The first-order valence-corrected chi connectivity index (χ1v) is 3.64. The van der Waals surface area contributed by atoms with E-state index in [0.29, 0.717) is 5.56 Å². The van der Waals surface area contributed by atoms with Crippen molar-refractivity contribution in [1.29, 1.82) is 0 Å². The highest BCUT2D eigenvalue weighted by molar-refractivity contribution is 5.52. The Balaban J connectivity index is 3.00. The zero-order chi connectivity index (χ0) is 8.97. The maximum Gasteiger partial charge on any atom is 0.216 e. The van der Waals surface area contributed by atoms with Crippen LogP contribution < -0.4 is 0 Å². The molecule has 0 aliphatic rings. The Kier molecular flexibility index (Phi) is 2.94. The van der Waals surface area contributed by atoms with Crippen LogP contribution in [0.15, 0.2) is 18.3 Å². The maximum absolute atomic E-state index is 12.8. The summed E-state index contributed by atoms with van der Waals surface area (Å²) in [6.07, 6.45) is 4.63. The number of aliphatic hydroxyl groups is 1. The summed E-state index contributed by atoms with van der Waals surface area (Å²) in [7, 11) is 0. The minimum atomic E-state index is -0.463. The van der Waals surface area contributed by atoms with Gasteiger partial charge in [0.2, 0.25) is 5.95 Å². The number of rotatable bonds is 2. The Bertz CT molecular complexity index is 297. The lowest BCUT2D eigenvalue weighted by Crippen LogP contribution is -1.90. The van der Waals surface area contributed by atoms with Crippen molar-refractivity contribution in [3.63, 3.8) is 0 Å². The number of nitrogens with zero attached hydrogens (tertiary/aromatic N) is 1. The minimum absolute atomic E-state index is 0.0383. The van der Waals surface area contributed by atoms with Gasteiger partial charge >= 0.3 is 0 Å². The molecular weight excluding hydrogens is 157 g/mol. The van der Waals surface area contributed by atoms with Gasteiger partial charge in [0, 0.05) is 11.8 Å². The summed E-state index contributed by atoms with van der Waals surface area (Å²) in [4.78, 5) is 3.48. The summed E-state index contributed by atoms with van der Waals surface area (Å²) in [5, 5.41) is 8.49. The van der Waals surface area contributed by atoms with Crippen LogP contribution >= 0.6 is 0 Å². The van der Waals surface area contributed by atoms with Gasteiger partial charge in [-0.1, -0.05) is 12.2 Å². The molecule has 0 saturated carbocycles. The molecule has 0 spiro atoms. The SMILES string of the molecule is Cc1c(C=CCO)ccnc1F. The van der Waals surface area contributed by atoms with Crippen molar-refractivity contribution in [2.45, 2.75) is 6.92 Å². The van der Waals surface area contributed by atoms with E-state index in [1.54, 1.807) is 25.1 Å². The molecule has 0 radical (unpaired) electrons. The van der Waals surface area contributed by atoms with Crippen molar-refractivity contribution in [3.05, 3.63) is 35.4 Å². The molecule has 12 heavy (non-hydrogen) atoms. The average Bonchev–Trinajstić information content (AvgIpc) is 2.08. The van der Waals surface area contributed by atoms with Gasteiger partial charge in [0.25, 0.3) is 0 Å². The van der Waals surface area contributed by atoms with Crippen LogP contribution in [0.4, 0.5) is 4.39 Å². The van der Waals surface area contributed by atoms with Gasteiger partial charge < -0.3 is 5.11 Å². The monoisotopic (exact) mass is 167 g/mol. The van der Waals surface area contributed by atoms with Crippen molar-refractivity contribution < 1.29 is 9.50 Å². The highest BCUT2D eigenvalue weighted by Crippen LogP contribution is 2.10. The van der Waals surface area contributed by atoms with E-state index >= 15 is 0 Å². The molecule has 0 amide bonds. The maximum atomic E-state index is 12.8. The Morgan fingerprint density at radius 3 is 3.08 bits per heavy atom. The highest BCUT2D eigenvalue weighted by atomic mass is 19.1. The van der Waals surface area contributed by atoms with E-state index in [2.05, 4.69) is 4.98 Å². The summed E-state index contributed by atoms with van der Waals surface area (Å²) >= 11 is 0. The first-order valence-electron chi connectivity index (χ1n) is 3.64. The van der Waals surface area contributed by atoms with E-state index in [1.807, 2.05) is 0 Å². The van der Waals surface area contributed by atoms with E-state index in [1.165, 1.54) is 6.20 Å². The van der Waals surface area contributed by atoms with Crippen molar-refractivity contribution in [2.24, 2.45) is 0 Å². The molecular formula is C9H10FNO. The fourth-order valence-corrected chi connectivity index (χ4v) is 0.884. The highest BCUT2D eigenvalue weighted by Gasteiger charge is 2.00. The number of hydrogen-bond donors (Lipinski definition) is 1. The molecule has 1 aromatic heterocycles. The van der Waals surface area contributed by atoms with Gasteiger partial charge in [0.05, 0.1) is 6.61 Å². The molecule has 1 heterocycles. The van der Waals surface area contributed by atoms with Crippen LogP contribution in [0.5, 0.6) is 0 Å². The van der Waals surface area contributed by atoms with Crippen LogP contribution in [-0.4, -0.2) is 16.7 Å². The van der Waals surface area contributed by atoms with Crippen molar-refractivity contribution in [1.82, 2.24) is 4.98 Å². The van der Waals surface area contributed by atoms with Gasteiger partial charge in [0.15, 0.2) is 0 Å². The van der Waals surface area contributed by atoms with Crippen LogP contribution in [0.1, 0.15) is 11.1 Å². The van der Waals surface area contributed by atoms with E-state index in [4.69, 9.17) is 5.11 Å². The zero-order valence-corrected chi connectivity index (χ0v) is 6.79. The van der Waals surface area contributed by atoms with Gasteiger partial charge in [0.1, 0.15) is 0 Å². The molecule has 64 valence electrons. The Morgan fingerprint density at radius 1 is 1.67 bits per heavy atom. The normalized spacial score (nSPS) is 10.9. The molecule has 0 aliphatic heterocycles. The number of aliphatic hydroxyl groups excluding tert-OH is 1.